The Kier molecular flexibility index (Phi) is 7.96. The predicted octanol–water partition coefficient (Wildman–Crippen LogP) is 3.24. The van der Waals surface area contributed by atoms with Crippen LogP contribution in [-0.4, -0.2) is 62.2 Å². The molecule has 1 unspecified atom stereocenters. The van der Waals surface area contributed by atoms with Crippen molar-refractivity contribution < 1.29 is 9.90 Å². The first kappa shape index (κ1) is 24.9. The van der Waals surface area contributed by atoms with Crippen LogP contribution in [0.5, 0.6) is 0 Å². The molecule has 4 N–H and O–H groups in total. The lowest BCUT2D eigenvalue weighted by molar-refractivity contribution is 0.0964. The summed E-state index contributed by atoms with van der Waals surface area (Å²) in [5.41, 5.74) is 3.95. The van der Waals surface area contributed by atoms with Gasteiger partial charge in [0, 0.05) is 61.7 Å². The molecular formula is C26H30N8O2. The quantitative estimate of drug-likeness (QED) is 0.266. The number of aliphatic hydroxyl groups excluding tert-OH is 1. The number of benzene rings is 1. The highest BCUT2D eigenvalue weighted by atomic mass is 16.3. The number of aromatic nitrogens is 5. The van der Waals surface area contributed by atoms with Gasteiger partial charge in [-0.3, -0.25) is 9.78 Å². The van der Waals surface area contributed by atoms with Crippen LogP contribution < -0.4 is 16.0 Å². The van der Waals surface area contributed by atoms with Crippen LogP contribution in [0.1, 0.15) is 42.1 Å². The van der Waals surface area contributed by atoms with Gasteiger partial charge in [0.15, 0.2) is 0 Å². The van der Waals surface area contributed by atoms with Crippen LogP contribution >= 0.6 is 0 Å². The largest absolute Gasteiger partial charge is 0.393 e. The summed E-state index contributed by atoms with van der Waals surface area (Å²) in [5, 5.41) is 19.3. The van der Waals surface area contributed by atoms with Crippen molar-refractivity contribution in [3.8, 4) is 11.3 Å². The summed E-state index contributed by atoms with van der Waals surface area (Å²) in [5.74, 6) is 1.16. The van der Waals surface area contributed by atoms with E-state index in [4.69, 9.17) is 0 Å². The number of hydrogen-bond donors (Lipinski definition) is 4. The normalized spacial score (nSPS) is 12.7. The third-order valence-corrected chi connectivity index (χ3v) is 5.85. The van der Waals surface area contributed by atoms with Crippen molar-refractivity contribution in [2.75, 3.05) is 30.8 Å². The number of hydrogen-bond acceptors (Lipinski definition) is 9. The Bertz CT molecular complexity index is 1330. The van der Waals surface area contributed by atoms with Crippen LogP contribution in [0, 0.1) is 0 Å². The van der Waals surface area contributed by atoms with Crippen molar-refractivity contribution in [2.24, 2.45) is 0 Å². The number of nitrogens with one attached hydrogen (secondary N) is 3. The second-order valence-corrected chi connectivity index (χ2v) is 8.61. The third-order valence-electron chi connectivity index (χ3n) is 5.85. The minimum atomic E-state index is -0.372. The van der Waals surface area contributed by atoms with Gasteiger partial charge in [-0.2, -0.15) is 0 Å². The number of carbonyl (C=O) groups is 1. The van der Waals surface area contributed by atoms with Gasteiger partial charge >= 0.3 is 0 Å². The number of pyridine rings is 1. The van der Waals surface area contributed by atoms with E-state index in [1.54, 1.807) is 38.6 Å². The van der Waals surface area contributed by atoms with Crippen LogP contribution in [0.3, 0.4) is 0 Å². The number of anilines is 2. The van der Waals surface area contributed by atoms with E-state index in [1.165, 1.54) is 6.33 Å². The van der Waals surface area contributed by atoms with E-state index in [-0.39, 0.29) is 17.9 Å². The molecule has 0 aliphatic carbocycles. The molecule has 3 heterocycles. The highest BCUT2D eigenvalue weighted by Crippen LogP contribution is 2.27. The molecule has 3 aromatic heterocycles. The van der Waals surface area contributed by atoms with E-state index >= 15 is 0 Å². The number of nitrogens with zero attached hydrogens (tertiary/aromatic N) is 5. The molecule has 0 aliphatic heterocycles. The Hall–Kier alpha value is -4.18. The first-order chi connectivity index (χ1) is 17.5. The van der Waals surface area contributed by atoms with Gasteiger partial charge in [-0.25, -0.2) is 19.9 Å². The fourth-order valence-electron chi connectivity index (χ4n) is 3.85. The monoisotopic (exact) mass is 486 g/mol. The molecule has 0 spiro atoms. The second kappa shape index (κ2) is 11.5. The first-order valence-corrected chi connectivity index (χ1v) is 11.9. The number of fused-ring (bicyclic) bond motifs is 1. The highest BCUT2D eigenvalue weighted by Gasteiger charge is 2.15. The van der Waals surface area contributed by atoms with Gasteiger partial charge in [-0.1, -0.05) is 25.1 Å². The van der Waals surface area contributed by atoms with Gasteiger partial charge in [0.2, 0.25) is 5.95 Å². The van der Waals surface area contributed by atoms with Crippen molar-refractivity contribution in [1.82, 2.24) is 30.2 Å². The smallest absolute Gasteiger partial charge is 0.251 e. The van der Waals surface area contributed by atoms with Gasteiger partial charge in [-0.15, -0.1) is 0 Å². The lowest BCUT2D eigenvalue weighted by atomic mass is 9.96. The SMILES string of the molecule is CNC(=O)c1ccnc2c([C@H](C)CNc3cc(-c4cnc(NCCC(C)O)nc4)ncn3)cccc12. The van der Waals surface area contributed by atoms with Crippen molar-refractivity contribution in [3.63, 3.8) is 0 Å². The maximum Gasteiger partial charge on any atom is 0.251 e. The summed E-state index contributed by atoms with van der Waals surface area (Å²) in [4.78, 5) is 34.2. The van der Waals surface area contributed by atoms with Crippen LogP contribution in [-0.2, 0) is 0 Å². The molecule has 4 aromatic rings. The Labute approximate surface area is 209 Å². The Morgan fingerprint density at radius 2 is 1.83 bits per heavy atom. The molecule has 4 rings (SSSR count). The number of rotatable bonds is 10. The van der Waals surface area contributed by atoms with E-state index in [0.29, 0.717) is 42.5 Å². The summed E-state index contributed by atoms with van der Waals surface area (Å²) in [6.07, 6.45) is 6.84. The molecule has 0 saturated carbocycles. The lowest BCUT2D eigenvalue weighted by Crippen LogP contribution is -2.18. The van der Waals surface area contributed by atoms with Crippen molar-refractivity contribution in [1.29, 1.82) is 0 Å². The maximum absolute atomic E-state index is 12.3. The minimum absolute atomic E-state index is 0.106. The second-order valence-electron chi connectivity index (χ2n) is 8.61. The van der Waals surface area contributed by atoms with E-state index in [2.05, 4.69) is 47.8 Å². The summed E-state index contributed by atoms with van der Waals surface area (Å²) < 4.78 is 0. The lowest BCUT2D eigenvalue weighted by Gasteiger charge is -2.16. The van der Waals surface area contributed by atoms with Gasteiger partial charge < -0.3 is 21.1 Å². The summed E-state index contributed by atoms with van der Waals surface area (Å²) in [6.45, 7) is 5.06. The first-order valence-electron chi connectivity index (χ1n) is 11.9. The maximum atomic E-state index is 12.3. The summed E-state index contributed by atoms with van der Waals surface area (Å²) >= 11 is 0. The molecule has 0 saturated heterocycles. The molecule has 1 amide bonds. The summed E-state index contributed by atoms with van der Waals surface area (Å²) in [6, 6.07) is 9.50. The van der Waals surface area contributed by atoms with Crippen LogP contribution in [0.4, 0.5) is 11.8 Å². The zero-order valence-corrected chi connectivity index (χ0v) is 20.6. The molecule has 2 atom stereocenters. The van der Waals surface area contributed by atoms with Crippen LogP contribution in [0.2, 0.25) is 0 Å². The molecule has 36 heavy (non-hydrogen) atoms. The van der Waals surface area contributed by atoms with E-state index in [0.717, 1.165) is 22.0 Å². The van der Waals surface area contributed by atoms with Crippen LogP contribution in [0.25, 0.3) is 22.2 Å². The highest BCUT2D eigenvalue weighted by molar-refractivity contribution is 6.06. The topological polar surface area (TPSA) is 138 Å². The molecule has 10 heteroatoms. The van der Waals surface area contributed by atoms with Crippen molar-refractivity contribution in [2.45, 2.75) is 32.3 Å². The minimum Gasteiger partial charge on any atom is -0.393 e. The van der Waals surface area contributed by atoms with Crippen molar-refractivity contribution in [3.05, 3.63) is 66.4 Å². The Balaban J connectivity index is 1.45. The van der Waals surface area contributed by atoms with E-state index in [1.807, 2.05) is 24.3 Å². The molecule has 0 bridgehead atoms. The number of para-hydroxylation sites is 1. The summed E-state index contributed by atoms with van der Waals surface area (Å²) in [7, 11) is 1.62. The fraction of sp³-hybridized carbons (Fsp3) is 0.308. The number of amides is 1. The van der Waals surface area contributed by atoms with Gasteiger partial charge in [0.1, 0.15) is 12.1 Å². The van der Waals surface area contributed by atoms with E-state index < -0.39 is 0 Å². The Morgan fingerprint density at radius 3 is 2.58 bits per heavy atom. The molecule has 0 fully saturated rings. The molecular weight excluding hydrogens is 456 g/mol. The zero-order chi connectivity index (χ0) is 25.5. The molecule has 0 aliphatic rings. The van der Waals surface area contributed by atoms with Crippen LogP contribution in [0.15, 0.2) is 55.2 Å². The third kappa shape index (κ3) is 5.89. The predicted molar refractivity (Wildman–Crippen MR) is 140 cm³/mol. The van der Waals surface area contributed by atoms with E-state index in [9.17, 15) is 9.90 Å². The number of carbonyl (C=O) groups excluding carboxylic acids is 1. The molecule has 0 radical (unpaired) electrons. The number of aliphatic hydroxyl groups is 1. The average Bonchev–Trinajstić information content (AvgIpc) is 2.91. The molecule has 10 nitrogen and oxygen atoms in total. The fourth-order valence-corrected chi connectivity index (χ4v) is 3.85. The zero-order valence-electron chi connectivity index (χ0n) is 20.6. The molecule has 1 aromatic carbocycles. The van der Waals surface area contributed by atoms with Gasteiger partial charge in [0.25, 0.3) is 5.91 Å². The Morgan fingerprint density at radius 1 is 1.03 bits per heavy atom. The molecule has 186 valence electrons. The van der Waals surface area contributed by atoms with Crippen molar-refractivity contribution >= 4 is 28.6 Å². The van der Waals surface area contributed by atoms with Gasteiger partial charge in [0.05, 0.1) is 22.9 Å². The van der Waals surface area contributed by atoms with Gasteiger partial charge in [-0.05, 0) is 25.0 Å². The average molecular weight is 487 g/mol. The standard InChI is InChI=1S/C26H30N8O2/c1-16(19-5-4-6-20-21(25(36)27-3)8-10-28-24(19)20)12-30-23-11-22(33-15-34-23)18-13-31-26(32-14-18)29-9-7-17(2)35/h4-6,8,10-11,13-17,35H,7,9,12H2,1-3H3,(H,27,36)(H,29,31,32)(H,30,33,34)/t16-,17?/m1/s1.